The largest absolute Gasteiger partial charge is 0.402 e. The maximum Gasteiger partial charge on any atom is 0.139 e. The Bertz CT molecular complexity index is 104. The Labute approximate surface area is 78.0 Å². The van der Waals surface area contributed by atoms with Crippen molar-refractivity contribution >= 4 is 7.85 Å². The Kier molecular flexibility index (Phi) is 6.54. The van der Waals surface area contributed by atoms with Gasteiger partial charge in [-0.2, -0.15) is 0 Å². The number of aliphatic hydroxyl groups excluding tert-OH is 1. The second kappa shape index (κ2) is 6.53. The van der Waals surface area contributed by atoms with Crippen LogP contribution in [-0.4, -0.2) is 19.0 Å². The predicted molar refractivity (Wildman–Crippen MR) is 57.0 cm³/mol. The van der Waals surface area contributed by atoms with E-state index in [0.29, 0.717) is 11.8 Å². The van der Waals surface area contributed by atoms with E-state index in [9.17, 15) is 5.11 Å². The summed E-state index contributed by atoms with van der Waals surface area (Å²) in [4.78, 5) is 0. The van der Waals surface area contributed by atoms with Crippen LogP contribution in [0.2, 0.25) is 0 Å². The van der Waals surface area contributed by atoms with Gasteiger partial charge >= 0.3 is 0 Å². The van der Waals surface area contributed by atoms with E-state index >= 15 is 0 Å². The third kappa shape index (κ3) is 4.15. The molecular formula is C10H23BO. The van der Waals surface area contributed by atoms with Crippen LogP contribution in [0, 0.1) is 11.8 Å². The van der Waals surface area contributed by atoms with Crippen molar-refractivity contribution in [3.05, 3.63) is 0 Å². The lowest BCUT2D eigenvalue weighted by Gasteiger charge is -2.25. The van der Waals surface area contributed by atoms with Crippen molar-refractivity contribution in [2.45, 2.75) is 52.5 Å². The van der Waals surface area contributed by atoms with Gasteiger partial charge in [0.25, 0.3) is 0 Å². The Hall–Kier alpha value is 0.0249. The van der Waals surface area contributed by atoms with Crippen molar-refractivity contribution in [3.63, 3.8) is 0 Å². The quantitative estimate of drug-likeness (QED) is 0.602. The Morgan fingerprint density at radius 3 is 2.25 bits per heavy atom. The molecule has 1 N–H and O–H groups in total. The molecule has 0 radical (unpaired) electrons. The van der Waals surface area contributed by atoms with E-state index in [1.165, 1.54) is 25.7 Å². The summed E-state index contributed by atoms with van der Waals surface area (Å²) < 4.78 is 0. The Morgan fingerprint density at radius 1 is 1.33 bits per heavy atom. The minimum atomic E-state index is -0.146. The Balaban J connectivity index is 3.79. The van der Waals surface area contributed by atoms with Gasteiger partial charge in [0.05, 0.1) is 0 Å². The van der Waals surface area contributed by atoms with E-state index in [1.54, 1.807) is 0 Å². The number of hydrogen-bond donors (Lipinski definition) is 1. The van der Waals surface area contributed by atoms with Gasteiger partial charge in [0, 0.05) is 6.00 Å². The predicted octanol–water partition coefficient (Wildman–Crippen LogP) is 1.79. The van der Waals surface area contributed by atoms with Crippen LogP contribution < -0.4 is 0 Å². The second-order valence-electron chi connectivity index (χ2n) is 3.91. The topological polar surface area (TPSA) is 20.2 Å². The number of hydrogen-bond acceptors (Lipinski definition) is 1. The highest BCUT2D eigenvalue weighted by Crippen LogP contribution is 2.23. The van der Waals surface area contributed by atoms with Crippen LogP contribution in [0.5, 0.6) is 0 Å². The van der Waals surface area contributed by atoms with Gasteiger partial charge in [-0.3, -0.25) is 0 Å². The molecular weight excluding hydrogens is 147 g/mol. The van der Waals surface area contributed by atoms with E-state index in [2.05, 4.69) is 20.8 Å². The molecule has 3 atom stereocenters. The molecule has 0 fully saturated rings. The zero-order valence-electron chi connectivity index (χ0n) is 9.01. The molecule has 0 heterocycles. The molecule has 2 heteroatoms. The van der Waals surface area contributed by atoms with E-state index < -0.39 is 0 Å². The zero-order chi connectivity index (χ0) is 9.56. The van der Waals surface area contributed by atoms with Crippen LogP contribution in [0.1, 0.15) is 46.5 Å². The average Bonchev–Trinajstić information content (AvgIpc) is 2.05. The standard InChI is InChI=1S/C10H23BO/c1-4-6-7-9(5-2)8(3)10(11)12/h8-10,12H,4-7,11H2,1-3H3. The van der Waals surface area contributed by atoms with Gasteiger partial charge in [-0.1, -0.05) is 46.5 Å². The highest BCUT2D eigenvalue weighted by Gasteiger charge is 2.18. The third-order valence-corrected chi connectivity index (χ3v) is 2.96. The summed E-state index contributed by atoms with van der Waals surface area (Å²) in [6.45, 7) is 6.60. The van der Waals surface area contributed by atoms with Crippen LogP contribution in [-0.2, 0) is 0 Å². The van der Waals surface area contributed by atoms with Crippen molar-refractivity contribution in [1.82, 2.24) is 0 Å². The molecule has 0 spiro atoms. The molecule has 0 aliphatic carbocycles. The van der Waals surface area contributed by atoms with Crippen molar-refractivity contribution in [2.24, 2.45) is 11.8 Å². The summed E-state index contributed by atoms with van der Waals surface area (Å²) in [5.41, 5.74) is 0. The molecule has 0 aromatic heterocycles. The summed E-state index contributed by atoms with van der Waals surface area (Å²) in [6.07, 6.45) is 5.05. The molecule has 0 amide bonds. The molecule has 0 aromatic carbocycles. The van der Waals surface area contributed by atoms with Gasteiger partial charge in [-0.05, 0) is 11.8 Å². The van der Waals surface area contributed by atoms with Crippen molar-refractivity contribution in [2.75, 3.05) is 0 Å². The first-order chi connectivity index (χ1) is 5.63. The normalized spacial score (nSPS) is 18.7. The van der Waals surface area contributed by atoms with Gasteiger partial charge in [0.15, 0.2) is 0 Å². The summed E-state index contributed by atoms with van der Waals surface area (Å²) in [5, 5.41) is 9.42. The lowest BCUT2D eigenvalue weighted by Crippen LogP contribution is -2.25. The van der Waals surface area contributed by atoms with Crippen LogP contribution in [0.25, 0.3) is 0 Å². The number of rotatable bonds is 6. The first-order valence-corrected chi connectivity index (χ1v) is 5.31. The molecule has 0 aromatic rings. The van der Waals surface area contributed by atoms with Crippen molar-refractivity contribution < 1.29 is 5.11 Å². The van der Waals surface area contributed by atoms with Gasteiger partial charge in [-0.15, -0.1) is 0 Å². The Morgan fingerprint density at radius 2 is 1.92 bits per heavy atom. The molecule has 0 aliphatic rings. The van der Waals surface area contributed by atoms with E-state index in [0.717, 1.165) is 0 Å². The summed E-state index contributed by atoms with van der Waals surface area (Å²) in [5.74, 6) is 1.17. The monoisotopic (exact) mass is 170 g/mol. The van der Waals surface area contributed by atoms with E-state index in [4.69, 9.17) is 0 Å². The molecule has 1 nitrogen and oxygen atoms in total. The second-order valence-corrected chi connectivity index (χ2v) is 3.91. The maximum atomic E-state index is 9.42. The molecule has 0 aliphatic heterocycles. The molecule has 0 saturated heterocycles. The summed E-state index contributed by atoms with van der Waals surface area (Å²) >= 11 is 0. The van der Waals surface area contributed by atoms with E-state index in [-0.39, 0.29) is 6.00 Å². The maximum absolute atomic E-state index is 9.42. The lowest BCUT2D eigenvalue weighted by atomic mass is 9.77. The fraction of sp³-hybridized carbons (Fsp3) is 1.00. The first kappa shape index (κ1) is 12.0. The van der Waals surface area contributed by atoms with Crippen LogP contribution in [0.3, 0.4) is 0 Å². The van der Waals surface area contributed by atoms with Crippen LogP contribution >= 0.6 is 0 Å². The van der Waals surface area contributed by atoms with Crippen LogP contribution in [0.15, 0.2) is 0 Å². The summed E-state index contributed by atoms with van der Waals surface area (Å²) in [6, 6.07) is -0.146. The molecule has 0 rings (SSSR count). The smallest absolute Gasteiger partial charge is 0.139 e. The minimum absolute atomic E-state index is 0.146. The van der Waals surface area contributed by atoms with Gasteiger partial charge in [0.1, 0.15) is 7.85 Å². The van der Waals surface area contributed by atoms with Gasteiger partial charge < -0.3 is 5.11 Å². The lowest BCUT2D eigenvalue weighted by molar-refractivity contribution is 0.142. The fourth-order valence-electron chi connectivity index (χ4n) is 1.70. The highest BCUT2D eigenvalue weighted by atomic mass is 16.3. The average molecular weight is 170 g/mol. The molecule has 12 heavy (non-hydrogen) atoms. The minimum Gasteiger partial charge on any atom is -0.402 e. The number of aliphatic hydroxyl groups is 1. The highest BCUT2D eigenvalue weighted by molar-refractivity contribution is 6.10. The molecule has 3 unspecified atom stereocenters. The van der Waals surface area contributed by atoms with Crippen molar-refractivity contribution in [1.29, 1.82) is 0 Å². The molecule has 0 saturated carbocycles. The van der Waals surface area contributed by atoms with Gasteiger partial charge in [0.2, 0.25) is 0 Å². The SMILES string of the molecule is BC(O)C(C)C(CC)CCCC. The van der Waals surface area contributed by atoms with Crippen molar-refractivity contribution in [3.8, 4) is 0 Å². The van der Waals surface area contributed by atoms with Crippen LogP contribution in [0.4, 0.5) is 0 Å². The molecule has 0 bridgehead atoms. The van der Waals surface area contributed by atoms with Gasteiger partial charge in [-0.25, -0.2) is 0 Å². The first-order valence-electron chi connectivity index (χ1n) is 5.31. The third-order valence-electron chi connectivity index (χ3n) is 2.96. The van der Waals surface area contributed by atoms with E-state index in [1.807, 2.05) is 7.85 Å². The molecule has 72 valence electrons. The zero-order valence-corrected chi connectivity index (χ0v) is 9.01. The summed E-state index contributed by atoms with van der Waals surface area (Å²) in [7, 11) is 1.90. The fourth-order valence-corrected chi connectivity index (χ4v) is 1.70. The number of unbranched alkanes of at least 4 members (excludes halogenated alkanes) is 1.